The number of thiazole rings is 1. The van der Waals surface area contributed by atoms with Crippen LogP contribution in [0, 0.1) is 0 Å². The molecule has 0 saturated heterocycles. The Morgan fingerprint density at radius 1 is 1.05 bits per heavy atom. The molecule has 0 bridgehead atoms. The summed E-state index contributed by atoms with van der Waals surface area (Å²) in [5.41, 5.74) is 2.54. The first-order valence-corrected chi connectivity index (χ1v) is 13.1. The van der Waals surface area contributed by atoms with Crippen molar-refractivity contribution in [1.82, 2.24) is 4.57 Å². The van der Waals surface area contributed by atoms with Crippen molar-refractivity contribution in [3.63, 3.8) is 0 Å². The van der Waals surface area contributed by atoms with Crippen LogP contribution in [0.3, 0.4) is 0 Å². The Labute approximate surface area is 228 Å². The van der Waals surface area contributed by atoms with Gasteiger partial charge in [-0.2, -0.15) is 0 Å². The molecule has 1 aromatic heterocycles. The minimum atomic E-state index is -0.780. The number of aromatic hydroxyl groups is 1. The van der Waals surface area contributed by atoms with Crippen LogP contribution >= 0.6 is 11.3 Å². The van der Waals surface area contributed by atoms with Crippen molar-refractivity contribution < 1.29 is 24.1 Å². The van der Waals surface area contributed by atoms with Crippen LogP contribution in [0.2, 0.25) is 0 Å². The monoisotopic (exact) mass is 542 g/mol. The molecule has 0 fully saturated rings. The second kappa shape index (κ2) is 11.0. The van der Waals surface area contributed by atoms with Crippen molar-refractivity contribution in [2.24, 2.45) is 4.99 Å². The molecule has 5 rings (SSSR count). The summed E-state index contributed by atoms with van der Waals surface area (Å²) in [7, 11) is 3.04. The van der Waals surface area contributed by atoms with E-state index in [9.17, 15) is 14.7 Å². The third-order valence-electron chi connectivity index (χ3n) is 6.31. The molecule has 3 aromatic carbocycles. The number of carbonyl (C=O) groups excluding carboxylic acids is 1. The van der Waals surface area contributed by atoms with Crippen molar-refractivity contribution in [2.45, 2.75) is 13.0 Å². The van der Waals surface area contributed by atoms with Gasteiger partial charge in [0, 0.05) is 5.56 Å². The van der Waals surface area contributed by atoms with E-state index >= 15 is 0 Å². The van der Waals surface area contributed by atoms with Gasteiger partial charge in [-0.25, -0.2) is 9.79 Å². The van der Waals surface area contributed by atoms with Crippen molar-refractivity contribution in [1.29, 1.82) is 0 Å². The van der Waals surface area contributed by atoms with Crippen molar-refractivity contribution in [2.75, 3.05) is 20.8 Å². The highest BCUT2D eigenvalue weighted by atomic mass is 32.1. The van der Waals surface area contributed by atoms with Crippen LogP contribution in [-0.4, -0.2) is 36.5 Å². The van der Waals surface area contributed by atoms with Gasteiger partial charge in [0.15, 0.2) is 16.3 Å². The highest BCUT2D eigenvalue weighted by Gasteiger charge is 2.35. The summed E-state index contributed by atoms with van der Waals surface area (Å²) in [6, 6.07) is 20.7. The zero-order valence-corrected chi connectivity index (χ0v) is 22.4. The molecule has 1 aliphatic rings. The van der Waals surface area contributed by atoms with E-state index in [1.807, 2.05) is 42.5 Å². The van der Waals surface area contributed by atoms with Gasteiger partial charge < -0.3 is 19.3 Å². The molecule has 0 saturated carbocycles. The lowest BCUT2D eigenvalue weighted by Crippen LogP contribution is -2.40. The van der Waals surface area contributed by atoms with Gasteiger partial charge >= 0.3 is 5.97 Å². The van der Waals surface area contributed by atoms with Crippen LogP contribution in [0.5, 0.6) is 17.2 Å². The molecular formula is C30H26N2O6S. The molecule has 1 unspecified atom stereocenters. The summed E-state index contributed by atoms with van der Waals surface area (Å²) in [5.74, 6) is 0.404. The molecule has 4 aromatic rings. The number of rotatable bonds is 7. The summed E-state index contributed by atoms with van der Waals surface area (Å²) in [5, 5.41) is 9.97. The first-order chi connectivity index (χ1) is 18.9. The number of aromatic nitrogens is 1. The molecular weight excluding hydrogens is 516 g/mol. The van der Waals surface area contributed by atoms with Crippen LogP contribution in [-0.2, 0) is 9.53 Å². The average Bonchev–Trinajstić information content (AvgIpc) is 3.28. The fourth-order valence-electron chi connectivity index (χ4n) is 4.48. The van der Waals surface area contributed by atoms with E-state index in [-0.39, 0.29) is 23.5 Å². The number of hydrogen-bond donors (Lipinski definition) is 1. The van der Waals surface area contributed by atoms with Gasteiger partial charge in [0.05, 0.1) is 42.7 Å². The van der Waals surface area contributed by atoms with Gasteiger partial charge in [-0.3, -0.25) is 9.36 Å². The molecule has 39 heavy (non-hydrogen) atoms. The number of methoxy groups -OCH3 is 2. The molecule has 198 valence electrons. The second-order valence-electron chi connectivity index (χ2n) is 8.64. The van der Waals surface area contributed by atoms with Crippen molar-refractivity contribution in [3.8, 4) is 17.2 Å². The lowest BCUT2D eigenvalue weighted by Gasteiger charge is -2.26. The topological polar surface area (TPSA) is 99.4 Å². The predicted molar refractivity (Wildman–Crippen MR) is 149 cm³/mol. The van der Waals surface area contributed by atoms with Crippen LogP contribution in [0.25, 0.3) is 11.8 Å². The van der Waals surface area contributed by atoms with Gasteiger partial charge in [-0.05, 0) is 48.4 Å². The Bertz CT molecular complexity index is 1740. The quantitative estimate of drug-likeness (QED) is 0.358. The van der Waals surface area contributed by atoms with Crippen LogP contribution in [0.15, 0.2) is 88.2 Å². The lowest BCUT2D eigenvalue weighted by molar-refractivity contribution is -0.138. The maximum atomic E-state index is 13.9. The first kappa shape index (κ1) is 26.0. The Morgan fingerprint density at radius 3 is 2.46 bits per heavy atom. The third-order valence-corrected chi connectivity index (χ3v) is 7.29. The number of carbonyl (C=O) groups is 1. The van der Waals surface area contributed by atoms with E-state index in [0.29, 0.717) is 37.7 Å². The minimum Gasteiger partial charge on any atom is -0.504 e. The van der Waals surface area contributed by atoms with Crippen LogP contribution in [0.4, 0.5) is 0 Å². The maximum Gasteiger partial charge on any atom is 0.338 e. The molecule has 0 spiro atoms. The number of nitrogens with zero attached hydrogens (tertiary/aromatic N) is 2. The number of ether oxygens (including phenoxy) is 3. The first-order valence-electron chi connectivity index (χ1n) is 12.2. The molecule has 1 atom stereocenters. The number of phenols is 1. The predicted octanol–water partition coefficient (Wildman–Crippen LogP) is 3.66. The summed E-state index contributed by atoms with van der Waals surface area (Å²) in [4.78, 5) is 32.7. The Hall–Kier alpha value is -4.63. The molecule has 2 heterocycles. The maximum absolute atomic E-state index is 13.9. The third kappa shape index (κ3) is 4.96. The van der Waals surface area contributed by atoms with Gasteiger partial charge in [0.1, 0.15) is 5.75 Å². The van der Waals surface area contributed by atoms with E-state index in [0.717, 1.165) is 5.56 Å². The number of phenolic OH excluding ortho intramolecular Hbond substituents is 1. The van der Waals surface area contributed by atoms with E-state index in [1.54, 1.807) is 44.4 Å². The highest BCUT2D eigenvalue weighted by Crippen LogP contribution is 2.35. The Balaban J connectivity index is 1.80. The molecule has 9 heteroatoms. The number of benzene rings is 3. The zero-order chi connectivity index (χ0) is 27.5. The van der Waals surface area contributed by atoms with Crippen molar-refractivity contribution >= 4 is 29.1 Å². The van der Waals surface area contributed by atoms with Gasteiger partial charge in [-0.1, -0.05) is 59.9 Å². The van der Waals surface area contributed by atoms with Crippen LogP contribution in [0.1, 0.15) is 29.7 Å². The normalized spacial score (nSPS) is 14.9. The minimum absolute atomic E-state index is 0.00203. The summed E-state index contributed by atoms with van der Waals surface area (Å²) >= 11 is 1.22. The molecule has 0 amide bonds. The zero-order valence-electron chi connectivity index (χ0n) is 21.6. The van der Waals surface area contributed by atoms with E-state index in [1.165, 1.54) is 29.1 Å². The summed E-state index contributed by atoms with van der Waals surface area (Å²) in [6.07, 6.45) is 1.72. The lowest BCUT2D eigenvalue weighted by atomic mass is 9.93. The fraction of sp³-hybridized carbons (Fsp3) is 0.167. The number of hydrogen-bond acceptors (Lipinski definition) is 8. The largest absolute Gasteiger partial charge is 0.504 e. The second-order valence-corrected chi connectivity index (χ2v) is 9.65. The Kier molecular flexibility index (Phi) is 7.33. The van der Waals surface area contributed by atoms with Gasteiger partial charge in [0.25, 0.3) is 5.56 Å². The van der Waals surface area contributed by atoms with Gasteiger partial charge in [0.2, 0.25) is 0 Å². The average molecular weight is 543 g/mol. The smallest absolute Gasteiger partial charge is 0.338 e. The summed E-state index contributed by atoms with van der Waals surface area (Å²) in [6.45, 7) is 1.91. The highest BCUT2D eigenvalue weighted by molar-refractivity contribution is 7.07. The molecule has 1 N–H and O–H groups in total. The molecule has 1 aliphatic heterocycles. The number of esters is 1. The number of fused-ring (bicyclic) bond motifs is 1. The molecule has 0 radical (unpaired) electrons. The van der Waals surface area contributed by atoms with E-state index in [2.05, 4.69) is 0 Å². The summed E-state index contributed by atoms with van der Waals surface area (Å²) < 4.78 is 18.0. The van der Waals surface area contributed by atoms with Gasteiger partial charge in [-0.15, -0.1) is 0 Å². The molecule has 8 nitrogen and oxygen atoms in total. The fourth-order valence-corrected chi connectivity index (χ4v) is 5.48. The van der Waals surface area contributed by atoms with Crippen LogP contribution < -0.4 is 24.4 Å². The van der Waals surface area contributed by atoms with E-state index in [4.69, 9.17) is 19.2 Å². The SMILES string of the molecule is CCOC(=O)C1=C(c2ccccc2)N=c2s/c(=C\c3ccc(O)c(OC)c3)c(=O)n2C1c1ccc(OC)cc1. The molecule has 0 aliphatic carbocycles. The standard InChI is InChI=1S/C30H26N2O6S/c1-4-38-29(35)25-26(19-8-6-5-7-9-19)31-30-32(27(25)20-11-13-21(36-2)14-12-20)28(34)24(39-30)17-18-10-15-22(33)23(16-18)37-3/h5-17,27,33H,4H2,1-3H3/b24-17-. The Morgan fingerprint density at radius 2 is 1.79 bits per heavy atom. The van der Waals surface area contributed by atoms with Crippen molar-refractivity contribution in [3.05, 3.63) is 115 Å². The van der Waals surface area contributed by atoms with E-state index < -0.39 is 12.0 Å².